The number of hydrogen-bond donors (Lipinski definition) is 1. The zero-order valence-electron chi connectivity index (χ0n) is 12.1. The first kappa shape index (κ1) is 16.1. The highest BCUT2D eigenvalue weighted by atomic mass is 19.4. The Bertz CT molecular complexity index is 464. The lowest BCUT2D eigenvalue weighted by Crippen LogP contribution is -2.38. The molecule has 0 saturated heterocycles. The molecule has 6 heteroatoms. The molecule has 0 radical (unpaired) electrons. The van der Waals surface area contributed by atoms with E-state index in [9.17, 15) is 13.2 Å². The molecule has 2 rings (SSSR count). The molecule has 1 heterocycles. The Hall–Kier alpha value is -1.30. The van der Waals surface area contributed by atoms with Crippen molar-refractivity contribution in [3.05, 3.63) is 24.0 Å². The first-order valence-corrected chi connectivity index (χ1v) is 7.33. The normalized spacial score (nSPS) is 24.6. The Morgan fingerprint density at radius 3 is 2.71 bits per heavy atom. The molecule has 1 aliphatic rings. The predicted octanol–water partition coefficient (Wildman–Crippen LogP) is 3.85. The predicted molar refractivity (Wildman–Crippen MR) is 73.8 cm³/mol. The summed E-state index contributed by atoms with van der Waals surface area (Å²) in [7, 11) is 0. The molecule has 1 aromatic rings. The van der Waals surface area contributed by atoms with E-state index in [-0.39, 0.29) is 6.42 Å². The van der Waals surface area contributed by atoms with Crippen molar-refractivity contribution in [2.24, 2.45) is 17.6 Å². The number of halogens is 3. The Kier molecular flexibility index (Phi) is 5.08. The third kappa shape index (κ3) is 3.87. The van der Waals surface area contributed by atoms with E-state index in [1.807, 2.05) is 6.92 Å². The third-order valence-electron chi connectivity index (χ3n) is 4.13. The number of aromatic nitrogens is 1. The van der Waals surface area contributed by atoms with Gasteiger partial charge in [-0.2, -0.15) is 13.2 Å². The van der Waals surface area contributed by atoms with Crippen molar-refractivity contribution in [2.45, 2.75) is 44.8 Å². The molecule has 1 fully saturated rings. The lowest BCUT2D eigenvalue weighted by atomic mass is 9.73. The van der Waals surface area contributed by atoms with Gasteiger partial charge in [0.05, 0.1) is 18.7 Å². The van der Waals surface area contributed by atoms with Crippen molar-refractivity contribution >= 4 is 0 Å². The van der Waals surface area contributed by atoms with Crippen LogP contribution in [0.3, 0.4) is 0 Å². The minimum Gasteiger partial charge on any atom is -0.492 e. The summed E-state index contributed by atoms with van der Waals surface area (Å²) in [5.41, 5.74) is 6.74. The highest BCUT2D eigenvalue weighted by molar-refractivity contribution is 5.26. The van der Waals surface area contributed by atoms with Gasteiger partial charge in [-0.3, -0.25) is 4.98 Å². The number of hydrogen-bond acceptors (Lipinski definition) is 3. The zero-order chi connectivity index (χ0) is 15.5. The Morgan fingerprint density at radius 2 is 2.05 bits per heavy atom. The van der Waals surface area contributed by atoms with Crippen LogP contribution in [0, 0.1) is 11.8 Å². The van der Waals surface area contributed by atoms with Gasteiger partial charge in [-0.15, -0.1) is 0 Å². The molecule has 1 aliphatic carbocycles. The molecule has 1 saturated carbocycles. The molecule has 2 N–H and O–H groups in total. The highest BCUT2D eigenvalue weighted by Crippen LogP contribution is 2.45. The van der Waals surface area contributed by atoms with Gasteiger partial charge in [0.15, 0.2) is 0 Å². The Labute approximate surface area is 122 Å². The molecule has 0 spiro atoms. The molecule has 1 aromatic heterocycles. The van der Waals surface area contributed by atoms with Gasteiger partial charge in [0.25, 0.3) is 0 Å². The van der Waals surface area contributed by atoms with E-state index < -0.39 is 24.1 Å². The second-order valence-corrected chi connectivity index (χ2v) is 5.51. The van der Waals surface area contributed by atoms with Crippen LogP contribution >= 0.6 is 0 Å². The number of nitrogens with two attached hydrogens (primary N) is 1. The first-order chi connectivity index (χ1) is 9.93. The summed E-state index contributed by atoms with van der Waals surface area (Å²) in [6.45, 7) is 2.32. The topological polar surface area (TPSA) is 48.1 Å². The van der Waals surface area contributed by atoms with Crippen molar-refractivity contribution in [1.29, 1.82) is 0 Å². The van der Waals surface area contributed by atoms with Gasteiger partial charge in [0.1, 0.15) is 5.75 Å². The SMILES string of the molecule is CCOc1cncc(C(N)C2CCCCC2C(F)(F)F)c1. The van der Waals surface area contributed by atoms with Crippen LogP contribution in [-0.4, -0.2) is 17.8 Å². The summed E-state index contributed by atoms with van der Waals surface area (Å²) in [5, 5.41) is 0. The summed E-state index contributed by atoms with van der Waals surface area (Å²) in [4.78, 5) is 4.02. The van der Waals surface area contributed by atoms with Crippen LogP contribution < -0.4 is 10.5 Å². The molecule has 3 nitrogen and oxygen atoms in total. The van der Waals surface area contributed by atoms with Crippen LogP contribution in [0.15, 0.2) is 18.5 Å². The largest absolute Gasteiger partial charge is 0.492 e. The summed E-state index contributed by atoms with van der Waals surface area (Å²) < 4.78 is 44.9. The van der Waals surface area contributed by atoms with Gasteiger partial charge in [0.2, 0.25) is 0 Å². The Balaban J connectivity index is 2.20. The van der Waals surface area contributed by atoms with E-state index in [1.54, 1.807) is 12.3 Å². The third-order valence-corrected chi connectivity index (χ3v) is 4.13. The maximum absolute atomic E-state index is 13.2. The van der Waals surface area contributed by atoms with Gasteiger partial charge < -0.3 is 10.5 Å². The number of ether oxygens (including phenoxy) is 1. The molecule has 0 bridgehead atoms. The van der Waals surface area contributed by atoms with E-state index in [0.29, 0.717) is 30.8 Å². The number of alkyl halides is 3. The molecule has 118 valence electrons. The summed E-state index contributed by atoms with van der Waals surface area (Å²) in [5.74, 6) is -1.36. The highest BCUT2D eigenvalue weighted by Gasteiger charge is 2.47. The molecule has 3 atom stereocenters. The standard InChI is InChI=1S/C15H21F3N2O/c1-2-21-11-7-10(8-20-9-11)14(19)12-5-3-4-6-13(12)15(16,17)18/h7-9,12-14H,2-6,19H2,1H3. The van der Waals surface area contributed by atoms with Crippen LogP contribution in [0.25, 0.3) is 0 Å². The van der Waals surface area contributed by atoms with Crippen molar-refractivity contribution < 1.29 is 17.9 Å². The zero-order valence-corrected chi connectivity index (χ0v) is 12.1. The van der Waals surface area contributed by atoms with Crippen molar-refractivity contribution in [3.8, 4) is 5.75 Å². The smallest absolute Gasteiger partial charge is 0.392 e. The van der Waals surface area contributed by atoms with E-state index >= 15 is 0 Å². The fourth-order valence-electron chi connectivity index (χ4n) is 3.11. The van der Waals surface area contributed by atoms with E-state index in [2.05, 4.69) is 4.98 Å². The van der Waals surface area contributed by atoms with Crippen LogP contribution in [0.1, 0.15) is 44.2 Å². The van der Waals surface area contributed by atoms with Crippen molar-refractivity contribution in [2.75, 3.05) is 6.61 Å². The molecule has 21 heavy (non-hydrogen) atoms. The van der Waals surface area contributed by atoms with Gasteiger partial charge in [-0.25, -0.2) is 0 Å². The lowest BCUT2D eigenvalue weighted by molar-refractivity contribution is -0.198. The number of nitrogens with zero attached hydrogens (tertiary/aromatic N) is 1. The molecule has 3 unspecified atom stereocenters. The van der Waals surface area contributed by atoms with Crippen molar-refractivity contribution in [3.63, 3.8) is 0 Å². The van der Waals surface area contributed by atoms with Gasteiger partial charge >= 0.3 is 6.18 Å². The molecule has 0 aromatic carbocycles. The van der Waals surface area contributed by atoms with Crippen LogP contribution in [0.5, 0.6) is 5.75 Å². The number of rotatable bonds is 4. The van der Waals surface area contributed by atoms with Crippen LogP contribution in [0.4, 0.5) is 13.2 Å². The Morgan fingerprint density at radius 1 is 1.33 bits per heavy atom. The molecular weight excluding hydrogens is 281 g/mol. The van der Waals surface area contributed by atoms with E-state index in [1.165, 1.54) is 6.20 Å². The van der Waals surface area contributed by atoms with Crippen molar-refractivity contribution in [1.82, 2.24) is 4.98 Å². The second-order valence-electron chi connectivity index (χ2n) is 5.51. The minimum absolute atomic E-state index is 0.167. The fraction of sp³-hybridized carbons (Fsp3) is 0.667. The van der Waals surface area contributed by atoms with Crippen LogP contribution in [-0.2, 0) is 0 Å². The first-order valence-electron chi connectivity index (χ1n) is 7.33. The maximum Gasteiger partial charge on any atom is 0.392 e. The minimum atomic E-state index is -4.19. The number of pyridine rings is 1. The van der Waals surface area contributed by atoms with Gasteiger partial charge in [0, 0.05) is 12.2 Å². The summed E-state index contributed by atoms with van der Waals surface area (Å²) in [6, 6.07) is 1.04. The monoisotopic (exact) mass is 302 g/mol. The maximum atomic E-state index is 13.2. The van der Waals surface area contributed by atoms with E-state index in [4.69, 9.17) is 10.5 Å². The van der Waals surface area contributed by atoms with Gasteiger partial charge in [-0.1, -0.05) is 12.8 Å². The summed E-state index contributed by atoms with van der Waals surface area (Å²) >= 11 is 0. The average Bonchev–Trinajstić information content (AvgIpc) is 2.46. The van der Waals surface area contributed by atoms with Crippen LogP contribution in [0.2, 0.25) is 0 Å². The quantitative estimate of drug-likeness (QED) is 0.919. The fourth-order valence-corrected chi connectivity index (χ4v) is 3.11. The lowest BCUT2D eigenvalue weighted by Gasteiger charge is -2.36. The molecular formula is C15H21F3N2O. The molecule has 0 amide bonds. The average molecular weight is 302 g/mol. The van der Waals surface area contributed by atoms with Gasteiger partial charge in [-0.05, 0) is 37.3 Å². The second kappa shape index (κ2) is 6.64. The summed E-state index contributed by atoms with van der Waals surface area (Å²) in [6.07, 6.45) is 0.976. The molecule has 0 aliphatic heterocycles. The van der Waals surface area contributed by atoms with E-state index in [0.717, 1.165) is 6.42 Å².